The van der Waals surface area contributed by atoms with Gasteiger partial charge in [-0.15, -0.1) is 5.10 Å². The number of nitrogens with zero attached hydrogens (tertiary/aromatic N) is 4. The fraction of sp³-hybridized carbons (Fsp3) is 0.308. The summed E-state index contributed by atoms with van der Waals surface area (Å²) >= 11 is 0. The summed E-state index contributed by atoms with van der Waals surface area (Å²) in [7, 11) is 0. The van der Waals surface area contributed by atoms with Crippen LogP contribution in [0.1, 0.15) is 17.8 Å². The smallest absolute Gasteiger partial charge is 0.320 e. The second kappa shape index (κ2) is 6.71. The van der Waals surface area contributed by atoms with Crippen molar-refractivity contribution in [1.82, 2.24) is 20.2 Å². The van der Waals surface area contributed by atoms with Crippen LogP contribution in [0.15, 0.2) is 30.3 Å². The number of tetrazole rings is 1. The minimum absolute atomic E-state index is 0.0872. The van der Waals surface area contributed by atoms with Crippen LogP contribution in [0.2, 0.25) is 0 Å². The van der Waals surface area contributed by atoms with E-state index in [0.717, 1.165) is 5.56 Å². The lowest BCUT2D eigenvalue weighted by atomic mass is 10.1. The Kier molecular flexibility index (Phi) is 4.72. The molecule has 0 fully saturated rings. The van der Waals surface area contributed by atoms with E-state index >= 15 is 0 Å². The number of rotatable bonds is 7. The van der Waals surface area contributed by atoms with E-state index in [0.29, 0.717) is 12.2 Å². The zero-order valence-electron chi connectivity index (χ0n) is 11.2. The second-order valence-electron chi connectivity index (χ2n) is 4.60. The maximum atomic E-state index is 11.8. The summed E-state index contributed by atoms with van der Waals surface area (Å²) in [4.78, 5) is 22.4. The van der Waals surface area contributed by atoms with Gasteiger partial charge in [0.05, 0.1) is 0 Å². The number of hydrogen-bond donors (Lipinski definition) is 2. The summed E-state index contributed by atoms with van der Waals surface area (Å²) in [6.07, 6.45) is 0.242. The minimum atomic E-state index is -1.20. The molecule has 2 aromatic rings. The number of carboxylic acid groups (broad SMARTS) is 1. The average Bonchev–Trinajstić information content (AvgIpc) is 2.86. The number of carbonyl (C=O) groups excluding carboxylic acids is 1. The van der Waals surface area contributed by atoms with Crippen LogP contribution in [0.3, 0.4) is 0 Å². The zero-order chi connectivity index (χ0) is 15.2. The van der Waals surface area contributed by atoms with E-state index in [4.69, 9.17) is 10.8 Å². The summed E-state index contributed by atoms with van der Waals surface area (Å²) in [5.41, 5.74) is 6.34. The number of aromatic nitrogens is 4. The molecule has 0 saturated heterocycles. The molecule has 1 aromatic carbocycles. The molecule has 1 atom stereocenters. The maximum absolute atomic E-state index is 11.8. The Morgan fingerprint density at radius 2 is 2.00 bits per heavy atom. The highest BCUT2D eigenvalue weighted by Gasteiger charge is 2.18. The largest absolute Gasteiger partial charge is 0.480 e. The Bertz CT molecular complexity index is 626. The van der Waals surface area contributed by atoms with Crippen molar-refractivity contribution in [3.8, 4) is 0 Å². The van der Waals surface area contributed by atoms with E-state index in [-0.39, 0.29) is 18.7 Å². The van der Waals surface area contributed by atoms with E-state index in [1.54, 1.807) is 0 Å². The van der Waals surface area contributed by atoms with Gasteiger partial charge >= 0.3 is 5.97 Å². The van der Waals surface area contributed by atoms with Gasteiger partial charge in [0, 0.05) is 12.8 Å². The lowest BCUT2D eigenvalue weighted by Crippen LogP contribution is -2.33. The van der Waals surface area contributed by atoms with Gasteiger partial charge in [0.15, 0.2) is 11.6 Å². The van der Waals surface area contributed by atoms with Crippen molar-refractivity contribution in [3.63, 3.8) is 0 Å². The first-order chi connectivity index (χ1) is 10.1. The summed E-state index contributed by atoms with van der Waals surface area (Å²) in [5, 5.41) is 19.9. The summed E-state index contributed by atoms with van der Waals surface area (Å²) in [5.74, 6) is -0.991. The molecule has 3 N–H and O–H groups in total. The van der Waals surface area contributed by atoms with Crippen molar-refractivity contribution < 1.29 is 14.7 Å². The van der Waals surface area contributed by atoms with E-state index < -0.39 is 12.0 Å². The number of aliphatic carboxylic acids is 1. The molecule has 0 amide bonds. The van der Waals surface area contributed by atoms with Gasteiger partial charge < -0.3 is 10.8 Å². The van der Waals surface area contributed by atoms with Crippen molar-refractivity contribution >= 4 is 11.8 Å². The van der Waals surface area contributed by atoms with Gasteiger partial charge in [0.25, 0.3) is 0 Å². The van der Waals surface area contributed by atoms with Gasteiger partial charge in [-0.05, 0) is 16.0 Å². The standard InChI is InChI=1S/C13H15N5O3/c14-11(13(20)21)7-10(19)8-18-12(15-16-17-18)6-9-4-2-1-3-5-9/h1-5,11H,6-8,14H2,(H,20,21). The Morgan fingerprint density at radius 1 is 1.29 bits per heavy atom. The molecular weight excluding hydrogens is 274 g/mol. The average molecular weight is 289 g/mol. The first-order valence-corrected chi connectivity index (χ1v) is 6.35. The fourth-order valence-corrected chi connectivity index (χ4v) is 1.82. The fourth-order valence-electron chi connectivity index (χ4n) is 1.82. The molecule has 0 saturated carbocycles. The van der Waals surface area contributed by atoms with Crippen LogP contribution in [0, 0.1) is 0 Å². The Labute approximate surface area is 120 Å². The molecule has 0 aliphatic carbocycles. The number of carboxylic acids is 1. The number of Topliss-reactive ketones (excluding diaryl/α,β-unsaturated/α-hetero) is 1. The van der Waals surface area contributed by atoms with E-state index in [9.17, 15) is 9.59 Å². The summed E-state index contributed by atoms with van der Waals surface area (Å²) in [6, 6.07) is 8.37. The van der Waals surface area contributed by atoms with Gasteiger partial charge in [-0.3, -0.25) is 9.59 Å². The first-order valence-electron chi connectivity index (χ1n) is 6.35. The first kappa shape index (κ1) is 14.8. The normalized spacial score (nSPS) is 12.0. The predicted molar refractivity (Wildman–Crippen MR) is 72.3 cm³/mol. The SMILES string of the molecule is NC(CC(=O)Cn1nnnc1Cc1ccccc1)C(=O)O. The number of ketones is 1. The Balaban J connectivity index is 2.00. The molecule has 0 aliphatic rings. The molecule has 1 heterocycles. The van der Waals surface area contributed by atoms with E-state index in [1.165, 1.54) is 4.68 Å². The van der Waals surface area contributed by atoms with Gasteiger partial charge in [-0.1, -0.05) is 30.3 Å². The van der Waals surface area contributed by atoms with Crippen LogP contribution >= 0.6 is 0 Å². The lowest BCUT2D eigenvalue weighted by molar-refractivity contribution is -0.140. The van der Waals surface area contributed by atoms with Crippen molar-refractivity contribution in [3.05, 3.63) is 41.7 Å². The molecule has 1 aromatic heterocycles. The van der Waals surface area contributed by atoms with Gasteiger partial charge in [-0.25, -0.2) is 4.68 Å². The molecule has 0 aliphatic heterocycles. The van der Waals surface area contributed by atoms with Crippen LogP contribution in [0.4, 0.5) is 0 Å². The molecule has 0 spiro atoms. The molecule has 0 radical (unpaired) electrons. The third-order valence-corrected chi connectivity index (χ3v) is 2.90. The van der Waals surface area contributed by atoms with Gasteiger partial charge in [-0.2, -0.15) is 0 Å². The minimum Gasteiger partial charge on any atom is -0.480 e. The monoisotopic (exact) mass is 289 g/mol. The zero-order valence-corrected chi connectivity index (χ0v) is 11.2. The van der Waals surface area contributed by atoms with Crippen LogP contribution in [-0.4, -0.2) is 43.1 Å². The molecule has 21 heavy (non-hydrogen) atoms. The Hall–Kier alpha value is -2.61. The second-order valence-corrected chi connectivity index (χ2v) is 4.60. The topological polar surface area (TPSA) is 124 Å². The number of carbonyl (C=O) groups is 2. The Morgan fingerprint density at radius 3 is 2.67 bits per heavy atom. The molecular formula is C13H15N5O3. The van der Waals surface area contributed by atoms with E-state index in [2.05, 4.69) is 15.5 Å². The van der Waals surface area contributed by atoms with Crippen molar-refractivity contribution in [1.29, 1.82) is 0 Å². The molecule has 2 rings (SSSR count). The van der Waals surface area contributed by atoms with Crippen LogP contribution in [0.25, 0.3) is 0 Å². The molecule has 8 nitrogen and oxygen atoms in total. The number of benzene rings is 1. The summed E-state index contributed by atoms with van der Waals surface area (Å²) in [6.45, 7) is -0.0872. The highest BCUT2D eigenvalue weighted by molar-refractivity contribution is 5.85. The molecule has 1 unspecified atom stereocenters. The molecule has 0 bridgehead atoms. The molecule has 110 valence electrons. The van der Waals surface area contributed by atoms with Gasteiger partial charge in [0.2, 0.25) is 0 Å². The van der Waals surface area contributed by atoms with Crippen LogP contribution in [0.5, 0.6) is 0 Å². The number of hydrogen-bond acceptors (Lipinski definition) is 6. The van der Waals surface area contributed by atoms with Crippen LogP contribution < -0.4 is 5.73 Å². The van der Waals surface area contributed by atoms with Crippen molar-refractivity contribution in [2.75, 3.05) is 0 Å². The quantitative estimate of drug-likeness (QED) is 0.712. The maximum Gasteiger partial charge on any atom is 0.320 e. The molecule has 8 heteroatoms. The number of nitrogens with two attached hydrogens (primary N) is 1. The lowest BCUT2D eigenvalue weighted by Gasteiger charge is -2.06. The van der Waals surface area contributed by atoms with Crippen LogP contribution in [-0.2, 0) is 22.6 Å². The third-order valence-electron chi connectivity index (χ3n) is 2.90. The predicted octanol–water partition coefficient (Wildman–Crippen LogP) is -0.365. The van der Waals surface area contributed by atoms with Gasteiger partial charge in [0.1, 0.15) is 12.6 Å². The van der Waals surface area contributed by atoms with Crippen molar-refractivity contribution in [2.24, 2.45) is 5.73 Å². The highest BCUT2D eigenvalue weighted by Crippen LogP contribution is 2.06. The van der Waals surface area contributed by atoms with E-state index in [1.807, 2.05) is 30.3 Å². The third kappa shape index (κ3) is 4.18. The van der Waals surface area contributed by atoms with Crippen molar-refractivity contribution in [2.45, 2.75) is 25.4 Å². The highest BCUT2D eigenvalue weighted by atomic mass is 16.4. The summed E-state index contributed by atoms with van der Waals surface area (Å²) < 4.78 is 1.36.